The molecule has 1 atom stereocenters. The predicted octanol–water partition coefficient (Wildman–Crippen LogP) is 3.41. The smallest absolute Gasteiger partial charge is 0.253 e. The summed E-state index contributed by atoms with van der Waals surface area (Å²) in [6, 6.07) is 13.4. The third-order valence-electron chi connectivity index (χ3n) is 5.91. The van der Waals surface area contributed by atoms with Gasteiger partial charge in [0.05, 0.1) is 5.92 Å². The van der Waals surface area contributed by atoms with Gasteiger partial charge in [0.25, 0.3) is 5.91 Å². The number of likely N-dealkylation sites (tertiary alicyclic amines) is 1. The molecule has 0 saturated carbocycles. The van der Waals surface area contributed by atoms with Gasteiger partial charge in [0, 0.05) is 36.6 Å². The van der Waals surface area contributed by atoms with Crippen LogP contribution in [0.3, 0.4) is 0 Å². The number of nitrogens with zero attached hydrogens (tertiary/aromatic N) is 2. The molecule has 0 aromatic heterocycles. The minimum atomic E-state index is -0.157. The third-order valence-corrected chi connectivity index (χ3v) is 5.91. The molecule has 2 aliphatic heterocycles. The average Bonchev–Trinajstić information content (AvgIpc) is 2.73. The van der Waals surface area contributed by atoms with Crippen molar-refractivity contribution in [2.75, 3.05) is 30.3 Å². The molecule has 146 valence electrons. The summed E-state index contributed by atoms with van der Waals surface area (Å²) < 4.78 is 0. The molecule has 2 amide bonds. The van der Waals surface area contributed by atoms with E-state index in [1.165, 1.54) is 0 Å². The number of fused-ring (bicyclic) bond motifs is 1. The molecular formula is C23H27N3O2. The summed E-state index contributed by atoms with van der Waals surface area (Å²) in [4.78, 5) is 29.9. The number of anilines is 2. The minimum Gasteiger partial charge on any atom is -0.398 e. The topological polar surface area (TPSA) is 66.6 Å². The monoisotopic (exact) mass is 377 g/mol. The summed E-state index contributed by atoms with van der Waals surface area (Å²) in [5.41, 5.74) is 10.7. The molecule has 5 heteroatoms. The zero-order valence-electron chi connectivity index (χ0n) is 16.4. The molecule has 0 radical (unpaired) electrons. The van der Waals surface area contributed by atoms with Crippen molar-refractivity contribution in [3.63, 3.8) is 0 Å². The number of carbonyl (C=O) groups excluding carboxylic acids is 2. The maximum Gasteiger partial charge on any atom is 0.253 e. The van der Waals surface area contributed by atoms with E-state index in [4.69, 9.17) is 5.73 Å². The van der Waals surface area contributed by atoms with Crippen molar-refractivity contribution < 1.29 is 9.59 Å². The predicted molar refractivity (Wildman–Crippen MR) is 111 cm³/mol. The zero-order valence-corrected chi connectivity index (χ0v) is 16.4. The van der Waals surface area contributed by atoms with Crippen LogP contribution in [0.1, 0.15) is 40.7 Å². The number of benzene rings is 2. The van der Waals surface area contributed by atoms with Gasteiger partial charge in [-0.25, -0.2) is 0 Å². The fourth-order valence-electron chi connectivity index (χ4n) is 4.34. The molecule has 0 bridgehead atoms. The Kier molecular flexibility index (Phi) is 5.07. The van der Waals surface area contributed by atoms with E-state index in [1.807, 2.05) is 59.2 Å². The van der Waals surface area contributed by atoms with E-state index in [1.54, 1.807) is 0 Å². The van der Waals surface area contributed by atoms with Crippen LogP contribution in [-0.2, 0) is 11.2 Å². The molecule has 4 rings (SSSR count). The van der Waals surface area contributed by atoms with Gasteiger partial charge in [-0.3, -0.25) is 9.59 Å². The largest absolute Gasteiger partial charge is 0.398 e. The highest BCUT2D eigenvalue weighted by Crippen LogP contribution is 2.33. The number of rotatable bonds is 2. The summed E-state index contributed by atoms with van der Waals surface area (Å²) in [5, 5.41) is 0. The van der Waals surface area contributed by atoms with Crippen molar-refractivity contribution in [3.8, 4) is 0 Å². The van der Waals surface area contributed by atoms with E-state index in [9.17, 15) is 9.59 Å². The number of hydrogen-bond donors (Lipinski definition) is 1. The lowest BCUT2D eigenvalue weighted by atomic mass is 9.93. The van der Waals surface area contributed by atoms with Gasteiger partial charge in [-0.2, -0.15) is 0 Å². The van der Waals surface area contributed by atoms with Gasteiger partial charge < -0.3 is 15.5 Å². The lowest BCUT2D eigenvalue weighted by Gasteiger charge is -2.37. The van der Waals surface area contributed by atoms with E-state index >= 15 is 0 Å². The van der Waals surface area contributed by atoms with E-state index in [0.29, 0.717) is 18.7 Å². The molecule has 28 heavy (non-hydrogen) atoms. The van der Waals surface area contributed by atoms with Crippen molar-refractivity contribution in [2.45, 2.75) is 32.6 Å². The van der Waals surface area contributed by atoms with Crippen LogP contribution in [0.5, 0.6) is 0 Å². The molecule has 2 heterocycles. The first-order valence-electron chi connectivity index (χ1n) is 10.1. The van der Waals surface area contributed by atoms with Crippen molar-refractivity contribution >= 4 is 23.2 Å². The molecule has 1 unspecified atom stereocenters. The summed E-state index contributed by atoms with van der Waals surface area (Å²) in [5.74, 6) is -0.0238. The normalized spacial score (nSPS) is 19.2. The number of aryl methyl sites for hydroxylation is 1. The number of nitrogen functional groups attached to an aromatic ring is 1. The van der Waals surface area contributed by atoms with Gasteiger partial charge in [0.1, 0.15) is 0 Å². The summed E-state index contributed by atoms with van der Waals surface area (Å²) in [7, 11) is 0. The first-order valence-corrected chi connectivity index (χ1v) is 10.1. The average molecular weight is 377 g/mol. The highest BCUT2D eigenvalue weighted by atomic mass is 16.2. The molecule has 1 fully saturated rings. The minimum absolute atomic E-state index is 0.0146. The highest BCUT2D eigenvalue weighted by molar-refractivity contribution is 5.98. The second-order valence-electron chi connectivity index (χ2n) is 7.89. The number of amides is 2. The van der Waals surface area contributed by atoms with Gasteiger partial charge in [0.2, 0.25) is 5.91 Å². The Balaban J connectivity index is 1.51. The molecule has 2 aromatic carbocycles. The summed E-state index contributed by atoms with van der Waals surface area (Å²) in [6.45, 7) is 3.92. The standard InChI is InChI=1S/C23H27N3O2/c1-16-9-11-17(12-10-16)22(27)25-13-3-5-18(15-25)23(28)26-14-4-6-19-20(24)7-2-8-21(19)26/h2,7-12,18H,3-6,13-15,24H2,1H3. The van der Waals surface area contributed by atoms with Gasteiger partial charge in [0.15, 0.2) is 0 Å². The molecule has 0 aliphatic carbocycles. The number of nitrogens with two attached hydrogens (primary N) is 1. The van der Waals surface area contributed by atoms with Crippen LogP contribution in [0.15, 0.2) is 42.5 Å². The Hall–Kier alpha value is -2.82. The number of carbonyl (C=O) groups is 2. The van der Waals surface area contributed by atoms with Gasteiger partial charge in [-0.15, -0.1) is 0 Å². The van der Waals surface area contributed by atoms with Crippen LogP contribution in [-0.4, -0.2) is 36.3 Å². The lowest BCUT2D eigenvalue weighted by Crippen LogP contribution is -2.48. The van der Waals surface area contributed by atoms with Crippen LogP contribution in [0, 0.1) is 12.8 Å². The fourth-order valence-corrected chi connectivity index (χ4v) is 4.34. The molecular weight excluding hydrogens is 350 g/mol. The molecule has 0 spiro atoms. The van der Waals surface area contributed by atoms with E-state index in [-0.39, 0.29) is 17.7 Å². The maximum atomic E-state index is 13.3. The second-order valence-corrected chi connectivity index (χ2v) is 7.89. The van der Waals surface area contributed by atoms with Gasteiger partial charge in [-0.1, -0.05) is 23.8 Å². The molecule has 2 N–H and O–H groups in total. The molecule has 2 aliphatic rings. The first-order chi connectivity index (χ1) is 13.5. The van der Waals surface area contributed by atoms with Crippen molar-refractivity contribution in [2.24, 2.45) is 5.92 Å². The summed E-state index contributed by atoms with van der Waals surface area (Å²) in [6.07, 6.45) is 3.51. The van der Waals surface area contributed by atoms with Gasteiger partial charge >= 0.3 is 0 Å². The van der Waals surface area contributed by atoms with Crippen LogP contribution >= 0.6 is 0 Å². The Bertz CT molecular complexity index is 891. The Morgan fingerprint density at radius 3 is 2.61 bits per heavy atom. The van der Waals surface area contributed by atoms with E-state index in [2.05, 4.69) is 0 Å². The van der Waals surface area contributed by atoms with E-state index in [0.717, 1.165) is 54.7 Å². The Labute approximate surface area is 166 Å². The number of piperidine rings is 1. The van der Waals surface area contributed by atoms with Crippen molar-refractivity contribution in [1.82, 2.24) is 4.90 Å². The van der Waals surface area contributed by atoms with Gasteiger partial charge in [-0.05, 0) is 62.4 Å². The van der Waals surface area contributed by atoms with Crippen LogP contribution < -0.4 is 10.6 Å². The second kappa shape index (κ2) is 7.66. The Morgan fingerprint density at radius 1 is 1.04 bits per heavy atom. The Morgan fingerprint density at radius 2 is 1.82 bits per heavy atom. The third kappa shape index (κ3) is 3.49. The van der Waals surface area contributed by atoms with Crippen LogP contribution in [0.4, 0.5) is 11.4 Å². The molecule has 2 aromatic rings. The quantitative estimate of drug-likeness (QED) is 0.816. The van der Waals surface area contributed by atoms with Crippen LogP contribution in [0.2, 0.25) is 0 Å². The summed E-state index contributed by atoms with van der Waals surface area (Å²) >= 11 is 0. The maximum absolute atomic E-state index is 13.3. The fraction of sp³-hybridized carbons (Fsp3) is 0.391. The van der Waals surface area contributed by atoms with Crippen molar-refractivity contribution in [1.29, 1.82) is 0 Å². The first kappa shape index (κ1) is 18.5. The number of hydrogen-bond acceptors (Lipinski definition) is 3. The van der Waals surface area contributed by atoms with Crippen LogP contribution in [0.25, 0.3) is 0 Å². The lowest BCUT2D eigenvalue weighted by molar-refractivity contribution is -0.123. The zero-order chi connectivity index (χ0) is 19.7. The molecule has 1 saturated heterocycles. The van der Waals surface area contributed by atoms with Crippen molar-refractivity contribution in [3.05, 3.63) is 59.2 Å². The molecule has 5 nitrogen and oxygen atoms in total. The highest BCUT2D eigenvalue weighted by Gasteiger charge is 2.34. The SMILES string of the molecule is Cc1ccc(C(=O)N2CCCC(C(=O)N3CCCc4c(N)cccc43)C2)cc1. The van der Waals surface area contributed by atoms with E-state index < -0.39 is 0 Å².